The van der Waals surface area contributed by atoms with Crippen LogP contribution in [0.1, 0.15) is 12.5 Å². The third kappa shape index (κ3) is 4.01. The summed E-state index contributed by atoms with van der Waals surface area (Å²) in [6.07, 6.45) is 1.64. The molecule has 20 heavy (non-hydrogen) atoms. The van der Waals surface area contributed by atoms with Crippen LogP contribution in [-0.4, -0.2) is 17.3 Å². The summed E-state index contributed by atoms with van der Waals surface area (Å²) in [6.45, 7) is -1.08. The minimum atomic E-state index is -2.84. The van der Waals surface area contributed by atoms with Crippen molar-refractivity contribution in [3.05, 3.63) is 54.2 Å². The molecule has 2 aromatic rings. The van der Waals surface area contributed by atoms with Gasteiger partial charge in [0.05, 0.1) is 5.71 Å². The van der Waals surface area contributed by atoms with Gasteiger partial charge >= 0.3 is 6.61 Å². The first kappa shape index (κ1) is 13.9. The molecule has 0 atom stereocenters. The van der Waals surface area contributed by atoms with Crippen LogP contribution in [0.25, 0.3) is 0 Å². The van der Waals surface area contributed by atoms with E-state index in [1.807, 2.05) is 6.07 Å². The van der Waals surface area contributed by atoms with Crippen molar-refractivity contribution in [3.63, 3.8) is 0 Å². The van der Waals surface area contributed by atoms with Gasteiger partial charge in [0.2, 0.25) is 0 Å². The SMILES string of the molecule is CC(=NNc1ccccn1)c1cccc(OC(F)F)c1. The molecule has 0 saturated carbocycles. The Balaban J connectivity index is 2.10. The summed E-state index contributed by atoms with van der Waals surface area (Å²) in [4.78, 5) is 4.06. The summed E-state index contributed by atoms with van der Waals surface area (Å²) in [6, 6.07) is 11.8. The molecule has 4 nitrogen and oxygen atoms in total. The smallest absolute Gasteiger partial charge is 0.387 e. The first-order chi connectivity index (χ1) is 9.65. The molecule has 0 unspecified atom stereocenters. The number of hydrogen-bond donors (Lipinski definition) is 1. The van der Waals surface area contributed by atoms with Gasteiger partial charge in [-0.15, -0.1) is 0 Å². The van der Waals surface area contributed by atoms with Crippen LogP contribution in [0.4, 0.5) is 14.6 Å². The van der Waals surface area contributed by atoms with Gasteiger partial charge in [0.1, 0.15) is 11.6 Å². The number of rotatable bonds is 5. The zero-order valence-corrected chi connectivity index (χ0v) is 10.8. The van der Waals surface area contributed by atoms with Crippen molar-refractivity contribution < 1.29 is 13.5 Å². The molecule has 0 radical (unpaired) electrons. The predicted octanol–water partition coefficient (Wildman–Crippen LogP) is 3.52. The lowest BCUT2D eigenvalue weighted by molar-refractivity contribution is -0.0498. The lowest BCUT2D eigenvalue weighted by Gasteiger charge is -2.07. The minimum absolute atomic E-state index is 0.102. The van der Waals surface area contributed by atoms with Crippen molar-refractivity contribution >= 4 is 11.5 Å². The summed E-state index contributed by atoms with van der Waals surface area (Å²) < 4.78 is 28.6. The van der Waals surface area contributed by atoms with Crippen LogP contribution in [-0.2, 0) is 0 Å². The zero-order chi connectivity index (χ0) is 14.4. The van der Waals surface area contributed by atoms with Crippen molar-refractivity contribution in [2.24, 2.45) is 5.10 Å². The number of nitrogens with zero attached hydrogens (tertiary/aromatic N) is 2. The molecule has 0 aliphatic heterocycles. The van der Waals surface area contributed by atoms with E-state index >= 15 is 0 Å². The highest BCUT2D eigenvalue weighted by Gasteiger charge is 2.05. The number of hydrogen-bond acceptors (Lipinski definition) is 4. The zero-order valence-electron chi connectivity index (χ0n) is 10.8. The fraction of sp³-hybridized carbons (Fsp3) is 0.143. The molecule has 0 bridgehead atoms. The van der Waals surface area contributed by atoms with Crippen LogP contribution >= 0.6 is 0 Å². The summed E-state index contributed by atoms with van der Waals surface area (Å²) >= 11 is 0. The van der Waals surface area contributed by atoms with Gasteiger partial charge in [0, 0.05) is 11.8 Å². The Morgan fingerprint density at radius 2 is 2.10 bits per heavy atom. The number of benzene rings is 1. The topological polar surface area (TPSA) is 46.5 Å². The van der Waals surface area contributed by atoms with Crippen LogP contribution in [0, 0.1) is 0 Å². The molecule has 6 heteroatoms. The number of ether oxygens (including phenoxy) is 1. The Morgan fingerprint density at radius 3 is 2.80 bits per heavy atom. The fourth-order valence-corrected chi connectivity index (χ4v) is 1.53. The van der Waals surface area contributed by atoms with Gasteiger partial charge in [0.15, 0.2) is 0 Å². The molecule has 0 saturated heterocycles. The molecule has 0 aliphatic carbocycles. The second kappa shape index (κ2) is 6.60. The maximum absolute atomic E-state index is 12.1. The van der Waals surface area contributed by atoms with E-state index in [1.165, 1.54) is 12.1 Å². The minimum Gasteiger partial charge on any atom is -0.435 e. The van der Waals surface area contributed by atoms with Gasteiger partial charge in [-0.3, -0.25) is 5.43 Å². The number of anilines is 1. The van der Waals surface area contributed by atoms with Gasteiger partial charge < -0.3 is 4.74 Å². The largest absolute Gasteiger partial charge is 0.435 e. The van der Waals surface area contributed by atoms with Crippen LogP contribution in [0.5, 0.6) is 5.75 Å². The molecular weight excluding hydrogens is 264 g/mol. The number of aromatic nitrogens is 1. The van der Waals surface area contributed by atoms with Gasteiger partial charge in [-0.05, 0) is 31.2 Å². The molecule has 0 spiro atoms. The Hall–Kier alpha value is -2.50. The molecule has 1 heterocycles. The lowest BCUT2D eigenvalue weighted by Crippen LogP contribution is -2.04. The van der Waals surface area contributed by atoms with Crippen molar-refractivity contribution in [1.82, 2.24) is 4.98 Å². The van der Waals surface area contributed by atoms with Gasteiger partial charge in [-0.25, -0.2) is 4.98 Å². The van der Waals surface area contributed by atoms with Crippen LogP contribution in [0.3, 0.4) is 0 Å². The Kier molecular flexibility index (Phi) is 4.60. The van der Waals surface area contributed by atoms with E-state index in [1.54, 1.807) is 37.4 Å². The average molecular weight is 277 g/mol. The Morgan fingerprint density at radius 1 is 1.25 bits per heavy atom. The number of alkyl halides is 2. The van der Waals surface area contributed by atoms with E-state index in [2.05, 4.69) is 20.2 Å². The summed E-state index contributed by atoms with van der Waals surface area (Å²) in [5.41, 5.74) is 4.11. The van der Waals surface area contributed by atoms with E-state index in [0.717, 1.165) is 0 Å². The maximum Gasteiger partial charge on any atom is 0.387 e. The molecule has 1 N–H and O–H groups in total. The van der Waals surface area contributed by atoms with Crippen LogP contribution in [0.15, 0.2) is 53.8 Å². The highest BCUT2D eigenvalue weighted by molar-refractivity contribution is 5.99. The molecule has 0 amide bonds. The van der Waals surface area contributed by atoms with Gasteiger partial charge in [-0.2, -0.15) is 13.9 Å². The predicted molar refractivity (Wildman–Crippen MR) is 73.1 cm³/mol. The molecular formula is C14H13F2N3O. The maximum atomic E-state index is 12.1. The highest BCUT2D eigenvalue weighted by Crippen LogP contribution is 2.16. The summed E-state index contributed by atoms with van der Waals surface area (Å²) in [7, 11) is 0. The second-order valence-electron chi connectivity index (χ2n) is 3.93. The second-order valence-corrected chi connectivity index (χ2v) is 3.93. The number of hydrazone groups is 1. The third-order valence-electron chi connectivity index (χ3n) is 2.48. The standard InChI is InChI=1S/C14H13F2N3O/c1-10(18-19-13-7-2-3-8-17-13)11-5-4-6-12(9-11)20-14(15)16/h2-9,14H,1H3,(H,17,19). The molecule has 2 rings (SSSR count). The number of nitrogens with one attached hydrogen (secondary N) is 1. The highest BCUT2D eigenvalue weighted by atomic mass is 19.3. The van der Waals surface area contributed by atoms with Crippen molar-refractivity contribution in [1.29, 1.82) is 0 Å². The van der Waals surface area contributed by atoms with E-state index < -0.39 is 6.61 Å². The van der Waals surface area contributed by atoms with E-state index in [0.29, 0.717) is 17.1 Å². The molecule has 1 aromatic carbocycles. The lowest BCUT2D eigenvalue weighted by atomic mass is 10.1. The Bertz CT molecular complexity index is 588. The molecule has 1 aromatic heterocycles. The average Bonchev–Trinajstić information content (AvgIpc) is 2.45. The molecule has 0 aliphatic rings. The first-order valence-corrected chi connectivity index (χ1v) is 5.92. The summed E-state index contributed by atoms with van der Waals surface area (Å²) in [5.74, 6) is 0.705. The quantitative estimate of drug-likeness (QED) is 0.672. The molecule has 104 valence electrons. The van der Waals surface area contributed by atoms with Crippen LogP contribution < -0.4 is 10.2 Å². The number of halogens is 2. The van der Waals surface area contributed by atoms with Crippen molar-refractivity contribution in [3.8, 4) is 5.75 Å². The van der Waals surface area contributed by atoms with Gasteiger partial charge in [0.25, 0.3) is 0 Å². The first-order valence-electron chi connectivity index (χ1n) is 5.92. The third-order valence-corrected chi connectivity index (χ3v) is 2.48. The molecule has 0 fully saturated rings. The van der Waals surface area contributed by atoms with E-state index in [9.17, 15) is 8.78 Å². The fourth-order valence-electron chi connectivity index (χ4n) is 1.53. The Labute approximate surface area is 115 Å². The number of pyridine rings is 1. The normalized spacial score (nSPS) is 11.5. The van der Waals surface area contributed by atoms with Crippen molar-refractivity contribution in [2.45, 2.75) is 13.5 Å². The monoisotopic (exact) mass is 277 g/mol. The van der Waals surface area contributed by atoms with Gasteiger partial charge in [-0.1, -0.05) is 18.2 Å². The summed E-state index contributed by atoms with van der Waals surface area (Å²) in [5, 5.41) is 4.15. The van der Waals surface area contributed by atoms with E-state index in [-0.39, 0.29) is 5.75 Å². The van der Waals surface area contributed by atoms with E-state index in [4.69, 9.17) is 0 Å². The van der Waals surface area contributed by atoms with Crippen LogP contribution in [0.2, 0.25) is 0 Å². The van der Waals surface area contributed by atoms with Crippen molar-refractivity contribution in [2.75, 3.05) is 5.43 Å².